The molecule has 1 N–H and O–H groups in total. The topological polar surface area (TPSA) is 72.7 Å². The Morgan fingerprint density at radius 3 is 2.83 bits per heavy atom. The fourth-order valence-corrected chi connectivity index (χ4v) is 2.76. The maximum Gasteiger partial charge on any atom is 0.233 e. The first-order valence-electron chi connectivity index (χ1n) is 7.49. The van der Waals surface area contributed by atoms with Gasteiger partial charge in [0.1, 0.15) is 5.82 Å². The van der Waals surface area contributed by atoms with Crippen molar-refractivity contribution in [1.82, 2.24) is 25.5 Å². The number of carbonyl (C=O) groups is 1. The number of halogens is 1. The van der Waals surface area contributed by atoms with Gasteiger partial charge in [-0.2, -0.15) is 0 Å². The Bertz CT molecular complexity index is 631. The van der Waals surface area contributed by atoms with Crippen LogP contribution in [0.3, 0.4) is 0 Å². The molecule has 124 valence electrons. The highest BCUT2D eigenvalue weighted by molar-refractivity contribution is 7.99. The molecule has 23 heavy (non-hydrogen) atoms. The summed E-state index contributed by atoms with van der Waals surface area (Å²) in [7, 11) is 0. The van der Waals surface area contributed by atoms with E-state index in [1.807, 2.05) is 6.92 Å². The van der Waals surface area contributed by atoms with Crippen LogP contribution in [-0.4, -0.2) is 31.4 Å². The number of thioether (sulfide) groups is 1. The van der Waals surface area contributed by atoms with Gasteiger partial charge in [0.05, 0.1) is 11.0 Å². The van der Waals surface area contributed by atoms with Gasteiger partial charge in [-0.25, -0.2) is 9.07 Å². The third-order valence-corrected chi connectivity index (χ3v) is 4.39. The molecule has 1 aromatic carbocycles. The molecule has 1 amide bonds. The normalized spacial score (nSPS) is 12.1. The second kappa shape index (κ2) is 8.61. The molecular formula is C15H20FN5OS. The van der Waals surface area contributed by atoms with Gasteiger partial charge in [-0.3, -0.25) is 4.79 Å². The highest BCUT2D eigenvalue weighted by Gasteiger charge is 2.15. The number of aryl methyl sites for hydroxylation is 1. The van der Waals surface area contributed by atoms with E-state index >= 15 is 0 Å². The van der Waals surface area contributed by atoms with Gasteiger partial charge >= 0.3 is 0 Å². The number of rotatable bonds is 8. The van der Waals surface area contributed by atoms with Gasteiger partial charge in [0, 0.05) is 13.1 Å². The lowest BCUT2D eigenvalue weighted by Crippen LogP contribution is -2.30. The van der Waals surface area contributed by atoms with Crippen molar-refractivity contribution in [3.8, 4) is 0 Å². The first kappa shape index (κ1) is 17.4. The quantitative estimate of drug-likeness (QED) is 0.799. The van der Waals surface area contributed by atoms with E-state index in [9.17, 15) is 9.18 Å². The van der Waals surface area contributed by atoms with E-state index in [4.69, 9.17) is 0 Å². The minimum absolute atomic E-state index is 0.0613. The number of hydrogen-bond acceptors (Lipinski definition) is 5. The highest BCUT2D eigenvalue weighted by Crippen LogP contribution is 2.16. The SMILES string of the molecule is CCCn1nnnc1CSC(C)C(=O)NCc1ccc(F)cc1. The van der Waals surface area contributed by atoms with Crippen LogP contribution >= 0.6 is 11.8 Å². The molecule has 1 atom stereocenters. The van der Waals surface area contributed by atoms with E-state index < -0.39 is 0 Å². The van der Waals surface area contributed by atoms with Crippen molar-refractivity contribution in [2.24, 2.45) is 0 Å². The number of aromatic nitrogens is 4. The number of amides is 1. The maximum absolute atomic E-state index is 12.8. The highest BCUT2D eigenvalue weighted by atomic mass is 32.2. The zero-order chi connectivity index (χ0) is 16.7. The minimum Gasteiger partial charge on any atom is -0.351 e. The molecule has 1 heterocycles. The van der Waals surface area contributed by atoms with Crippen LogP contribution in [0, 0.1) is 5.82 Å². The van der Waals surface area contributed by atoms with E-state index in [0.29, 0.717) is 12.3 Å². The van der Waals surface area contributed by atoms with Gasteiger partial charge in [-0.1, -0.05) is 19.1 Å². The number of hydrogen-bond donors (Lipinski definition) is 1. The summed E-state index contributed by atoms with van der Waals surface area (Å²) in [6, 6.07) is 6.08. The van der Waals surface area contributed by atoms with Crippen molar-refractivity contribution in [2.45, 2.75) is 44.4 Å². The average Bonchev–Trinajstić information content (AvgIpc) is 2.99. The third-order valence-electron chi connectivity index (χ3n) is 3.25. The molecule has 6 nitrogen and oxygen atoms in total. The molecule has 1 unspecified atom stereocenters. The van der Waals surface area contributed by atoms with Gasteiger partial charge in [0.2, 0.25) is 5.91 Å². The van der Waals surface area contributed by atoms with Crippen LogP contribution in [0.2, 0.25) is 0 Å². The van der Waals surface area contributed by atoms with Gasteiger partial charge in [0.25, 0.3) is 0 Å². The van der Waals surface area contributed by atoms with E-state index in [1.165, 1.54) is 23.9 Å². The predicted molar refractivity (Wildman–Crippen MR) is 87.1 cm³/mol. The molecule has 8 heteroatoms. The fourth-order valence-electron chi connectivity index (χ4n) is 1.92. The van der Waals surface area contributed by atoms with Crippen molar-refractivity contribution in [3.05, 3.63) is 41.5 Å². The fraction of sp³-hybridized carbons (Fsp3) is 0.467. The first-order chi connectivity index (χ1) is 11.1. The lowest BCUT2D eigenvalue weighted by molar-refractivity contribution is -0.120. The van der Waals surface area contributed by atoms with E-state index in [0.717, 1.165) is 24.4 Å². The zero-order valence-electron chi connectivity index (χ0n) is 13.2. The Balaban J connectivity index is 1.78. The van der Waals surface area contributed by atoms with Crippen LogP contribution in [0.4, 0.5) is 4.39 Å². The standard InChI is InChI=1S/C15H20FN5OS/c1-3-8-21-14(18-19-20-21)10-23-11(2)15(22)17-9-12-4-6-13(16)7-5-12/h4-7,11H,3,8-10H2,1-2H3,(H,17,22). The monoisotopic (exact) mass is 337 g/mol. The molecular weight excluding hydrogens is 317 g/mol. The lowest BCUT2D eigenvalue weighted by atomic mass is 10.2. The van der Waals surface area contributed by atoms with E-state index in [-0.39, 0.29) is 17.0 Å². The summed E-state index contributed by atoms with van der Waals surface area (Å²) in [4.78, 5) is 12.1. The molecule has 0 fully saturated rings. The van der Waals surface area contributed by atoms with Crippen molar-refractivity contribution in [1.29, 1.82) is 0 Å². The van der Waals surface area contributed by atoms with Crippen LogP contribution < -0.4 is 5.32 Å². The molecule has 0 saturated heterocycles. The number of tetrazole rings is 1. The summed E-state index contributed by atoms with van der Waals surface area (Å²) in [5.74, 6) is 1.01. The van der Waals surface area contributed by atoms with Crippen LogP contribution in [0.1, 0.15) is 31.7 Å². The molecule has 2 rings (SSSR count). The van der Waals surface area contributed by atoms with Crippen LogP contribution in [0.5, 0.6) is 0 Å². The second-order valence-corrected chi connectivity index (χ2v) is 6.44. The molecule has 0 radical (unpaired) electrons. The Morgan fingerprint density at radius 1 is 1.39 bits per heavy atom. The summed E-state index contributed by atoms with van der Waals surface area (Å²) < 4.78 is 14.6. The molecule has 0 aliphatic carbocycles. The van der Waals surface area contributed by atoms with E-state index in [2.05, 4.69) is 27.8 Å². The van der Waals surface area contributed by atoms with E-state index in [1.54, 1.807) is 16.8 Å². The predicted octanol–water partition coefficient (Wildman–Crippen LogP) is 2.16. The smallest absolute Gasteiger partial charge is 0.233 e. The number of nitrogens with one attached hydrogen (secondary N) is 1. The summed E-state index contributed by atoms with van der Waals surface area (Å²) in [6.07, 6.45) is 0.955. The molecule has 0 aliphatic heterocycles. The summed E-state index contributed by atoms with van der Waals surface area (Å²) in [5, 5.41) is 14.2. The Labute approximate surface area is 138 Å². The van der Waals surface area contributed by atoms with Gasteiger partial charge < -0.3 is 5.32 Å². The Kier molecular flexibility index (Phi) is 6.52. The van der Waals surface area contributed by atoms with Crippen LogP contribution in [0.15, 0.2) is 24.3 Å². The third kappa shape index (κ3) is 5.31. The van der Waals surface area contributed by atoms with Gasteiger partial charge in [-0.05, 0) is 41.5 Å². The summed E-state index contributed by atoms with van der Waals surface area (Å²) in [5.41, 5.74) is 0.865. The average molecular weight is 337 g/mol. The summed E-state index contributed by atoms with van der Waals surface area (Å²) in [6.45, 7) is 5.06. The van der Waals surface area contributed by atoms with Crippen molar-refractivity contribution >= 4 is 17.7 Å². The molecule has 0 bridgehead atoms. The minimum atomic E-state index is -0.284. The Hall–Kier alpha value is -1.96. The van der Waals surface area contributed by atoms with Gasteiger partial charge in [-0.15, -0.1) is 16.9 Å². The largest absolute Gasteiger partial charge is 0.351 e. The number of nitrogens with zero attached hydrogens (tertiary/aromatic N) is 4. The molecule has 2 aromatic rings. The van der Waals surface area contributed by atoms with Gasteiger partial charge in [0.15, 0.2) is 5.82 Å². The summed E-state index contributed by atoms with van der Waals surface area (Å²) >= 11 is 1.48. The molecule has 0 saturated carbocycles. The lowest BCUT2D eigenvalue weighted by Gasteiger charge is -2.12. The molecule has 1 aromatic heterocycles. The number of benzene rings is 1. The van der Waals surface area contributed by atoms with Crippen LogP contribution in [-0.2, 0) is 23.6 Å². The maximum atomic E-state index is 12.8. The Morgan fingerprint density at radius 2 is 2.13 bits per heavy atom. The van der Waals surface area contributed by atoms with Crippen molar-refractivity contribution in [3.63, 3.8) is 0 Å². The first-order valence-corrected chi connectivity index (χ1v) is 8.53. The zero-order valence-corrected chi connectivity index (χ0v) is 14.0. The number of carbonyl (C=O) groups excluding carboxylic acids is 1. The second-order valence-electron chi connectivity index (χ2n) is 5.12. The van der Waals surface area contributed by atoms with Crippen molar-refractivity contribution < 1.29 is 9.18 Å². The van der Waals surface area contributed by atoms with Crippen molar-refractivity contribution in [2.75, 3.05) is 0 Å². The van der Waals surface area contributed by atoms with Crippen LogP contribution in [0.25, 0.3) is 0 Å². The molecule has 0 aliphatic rings. The molecule has 0 spiro atoms.